The van der Waals surface area contributed by atoms with Crippen molar-refractivity contribution in [1.29, 1.82) is 0 Å². The Morgan fingerprint density at radius 1 is 1.00 bits per heavy atom. The zero-order valence-corrected chi connectivity index (χ0v) is 21.0. The average Bonchev–Trinajstić information content (AvgIpc) is 3.08. The second-order valence-corrected chi connectivity index (χ2v) is 10.7. The Kier molecular flexibility index (Phi) is 7.81. The quantitative estimate of drug-likeness (QED) is 0.275. The average molecular weight is 596 g/mol. The molecule has 3 aromatic carbocycles. The third-order valence-electron chi connectivity index (χ3n) is 5.26. The molecule has 0 amide bonds. The van der Waals surface area contributed by atoms with E-state index in [-0.39, 0.29) is 37.9 Å². The lowest BCUT2D eigenvalue weighted by Gasteiger charge is -2.23. The van der Waals surface area contributed by atoms with E-state index in [1.54, 1.807) is 6.07 Å². The van der Waals surface area contributed by atoms with Gasteiger partial charge in [-0.3, -0.25) is 0 Å². The van der Waals surface area contributed by atoms with Gasteiger partial charge in [0.25, 0.3) is 0 Å². The lowest BCUT2D eigenvalue weighted by Crippen LogP contribution is -2.38. The zero-order valence-electron chi connectivity index (χ0n) is 18.0. The van der Waals surface area contributed by atoms with E-state index in [4.69, 9.17) is 9.47 Å². The van der Waals surface area contributed by atoms with Gasteiger partial charge in [-0.2, -0.15) is 8.42 Å². The molecule has 1 aliphatic heterocycles. The van der Waals surface area contributed by atoms with Crippen LogP contribution in [0, 0.1) is 9.39 Å². The first-order valence-electron chi connectivity index (χ1n) is 10.4. The summed E-state index contributed by atoms with van der Waals surface area (Å²) >= 11 is 1.94. The number of anilines is 1. The van der Waals surface area contributed by atoms with E-state index in [2.05, 4.69) is 0 Å². The molecule has 0 aliphatic carbocycles. The minimum atomic E-state index is -4.25. The second-order valence-electron chi connectivity index (χ2n) is 7.60. The molecule has 3 aromatic rings. The van der Waals surface area contributed by atoms with Gasteiger partial charge < -0.3 is 14.3 Å². The van der Waals surface area contributed by atoms with Crippen molar-refractivity contribution in [1.82, 2.24) is 4.31 Å². The second kappa shape index (κ2) is 10.8. The van der Waals surface area contributed by atoms with Crippen molar-refractivity contribution in [3.63, 3.8) is 0 Å². The van der Waals surface area contributed by atoms with Gasteiger partial charge >= 0.3 is 10.2 Å². The molecular formula is C24H22FIN2O5S. The van der Waals surface area contributed by atoms with E-state index < -0.39 is 22.1 Å². The van der Waals surface area contributed by atoms with Crippen LogP contribution in [0.15, 0.2) is 72.8 Å². The molecule has 1 fully saturated rings. The fourth-order valence-electron chi connectivity index (χ4n) is 3.59. The highest BCUT2D eigenvalue weighted by molar-refractivity contribution is 14.1. The number of nitrogens with zero attached hydrogens (tertiary/aromatic N) is 2. The van der Waals surface area contributed by atoms with Gasteiger partial charge in [0.2, 0.25) is 0 Å². The lowest BCUT2D eigenvalue weighted by molar-refractivity contribution is -0.111. The highest BCUT2D eigenvalue weighted by atomic mass is 127. The van der Waals surface area contributed by atoms with Crippen molar-refractivity contribution in [3.05, 3.63) is 93.3 Å². The highest BCUT2D eigenvalue weighted by Crippen LogP contribution is 2.39. The molecule has 1 heterocycles. The van der Waals surface area contributed by atoms with Gasteiger partial charge in [0, 0.05) is 3.57 Å². The van der Waals surface area contributed by atoms with Crippen LogP contribution in [-0.2, 0) is 33.0 Å². The van der Waals surface area contributed by atoms with Crippen molar-refractivity contribution in [2.75, 3.05) is 17.6 Å². The SMILES string of the molecule is O=CC1CN(c2c(F)cc(I)cc2OCc2ccccc2)S(=O)(=O)N1COCc1ccccc1. The summed E-state index contributed by atoms with van der Waals surface area (Å²) in [5.74, 6) is -0.677. The normalized spacial score (nSPS) is 17.6. The van der Waals surface area contributed by atoms with Gasteiger partial charge in [-0.25, -0.2) is 8.70 Å². The Hall–Kier alpha value is -2.54. The number of halogens is 2. The Morgan fingerprint density at radius 2 is 1.62 bits per heavy atom. The predicted molar refractivity (Wildman–Crippen MR) is 134 cm³/mol. The molecule has 1 saturated heterocycles. The Labute approximate surface area is 211 Å². The number of benzene rings is 3. The van der Waals surface area contributed by atoms with E-state index in [1.807, 2.05) is 83.3 Å². The van der Waals surface area contributed by atoms with Crippen LogP contribution in [-0.4, -0.2) is 38.3 Å². The highest BCUT2D eigenvalue weighted by Gasteiger charge is 2.46. The summed E-state index contributed by atoms with van der Waals surface area (Å²) in [6.45, 7) is -0.299. The third-order valence-corrected chi connectivity index (χ3v) is 7.74. The molecule has 1 aliphatic rings. The molecule has 0 saturated carbocycles. The molecule has 0 aromatic heterocycles. The summed E-state index contributed by atoms with van der Waals surface area (Å²) in [7, 11) is -4.25. The molecule has 10 heteroatoms. The van der Waals surface area contributed by atoms with Crippen molar-refractivity contribution in [2.45, 2.75) is 19.3 Å². The largest absolute Gasteiger partial charge is 0.487 e. The van der Waals surface area contributed by atoms with Gasteiger partial charge in [0.1, 0.15) is 37.1 Å². The number of aldehydes is 1. The number of carbonyl (C=O) groups excluding carboxylic acids is 1. The lowest BCUT2D eigenvalue weighted by atomic mass is 10.2. The fourth-order valence-corrected chi connectivity index (χ4v) is 5.81. The maximum Gasteiger partial charge on any atom is 0.307 e. The minimum absolute atomic E-state index is 0.0773. The van der Waals surface area contributed by atoms with Crippen LogP contribution in [0.5, 0.6) is 5.75 Å². The summed E-state index contributed by atoms with van der Waals surface area (Å²) in [5.41, 5.74) is 1.48. The molecule has 1 unspecified atom stereocenters. The van der Waals surface area contributed by atoms with Crippen LogP contribution >= 0.6 is 22.6 Å². The molecule has 7 nitrogen and oxygen atoms in total. The molecular weight excluding hydrogens is 574 g/mol. The van der Waals surface area contributed by atoms with Crippen molar-refractivity contribution in [2.24, 2.45) is 0 Å². The van der Waals surface area contributed by atoms with Crippen LogP contribution < -0.4 is 9.04 Å². The molecule has 0 N–H and O–H groups in total. The molecule has 0 bridgehead atoms. The summed E-state index contributed by atoms with van der Waals surface area (Å²) in [5, 5.41) is 0. The smallest absolute Gasteiger partial charge is 0.307 e. The van der Waals surface area contributed by atoms with Crippen LogP contribution in [0.3, 0.4) is 0 Å². The van der Waals surface area contributed by atoms with Crippen molar-refractivity contribution < 1.29 is 27.1 Å². The first kappa shape index (κ1) is 24.6. The van der Waals surface area contributed by atoms with Gasteiger partial charge in [-0.15, -0.1) is 4.31 Å². The molecule has 178 valence electrons. The summed E-state index contributed by atoms with van der Waals surface area (Å²) < 4.78 is 55.6. The summed E-state index contributed by atoms with van der Waals surface area (Å²) in [6.07, 6.45) is 0.526. The molecule has 0 radical (unpaired) electrons. The van der Waals surface area contributed by atoms with Gasteiger partial charge in [-0.1, -0.05) is 60.7 Å². The molecule has 0 spiro atoms. The first-order valence-corrected chi connectivity index (χ1v) is 12.9. The van der Waals surface area contributed by atoms with Gasteiger partial charge in [-0.05, 0) is 45.9 Å². The van der Waals surface area contributed by atoms with Crippen LogP contribution in [0.1, 0.15) is 11.1 Å². The standard InChI is InChI=1S/C24H22FIN2O5S/c25-22-11-20(26)12-23(33-16-19-9-5-2-6-10-19)24(22)27-13-21(14-29)28(34(27,30)31)17-32-15-18-7-3-1-4-8-18/h1-12,14,21H,13,15-17H2. The first-order chi connectivity index (χ1) is 16.4. The zero-order chi connectivity index (χ0) is 24.1. The third kappa shape index (κ3) is 5.40. The maximum absolute atomic E-state index is 15.1. The fraction of sp³-hybridized carbons (Fsp3) is 0.208. The van der Waals surface area contributed by atoms with E-state index in [0.29, 0.717) is 9.86 Å². The molecule has 1 atom stereocenters. The summed E-state index contributed by atoms with van der Waals surface area (Å²) in [6, 6.07) is 20.3. The van der Waals surface area contributed by atoms with Gasteiger partial charge in [0.15, 0.2) is 5.82 Å². The Balaban J connectivity index is 1.58. The van der Waals surface area contributed by atoms with E-state index in [0.717, 1.165) is 19.7 Å². The Bertz CT molecular complexity index is 1240. The number of hydrogen-bond donors (Lipinski definition) is 0. The molecule has 34 heavy (non-hydrogen) atoms. The molecule has 4 rings (SSSR count). The van der Waals surface area contributed by atoms with E-state index >= 15 is 4.39 Å². The number of ether oxygens (including phenoxy) is 2. The monoisotopic (exact) mass is 596 g/mol. The van der Waals surface area contributed by atoms with Crippen LogP contribution in [0.2, 0.25) is 0 Å². The van der Waals surface area contributed by atoms with Crippen LogP contribution in [0.4, 0.5) is 10.1 Å². The van der Waals surface area contributed by atoms with Gasteiger partial charge in [0.05, 0.1) is 13.2 Å². The van der Waals surface area contributed by atoms with E-state index in [1.165, 1.54) is 6.07 Å². The topological polar surface area (TPSA) is 76.2 Å². The summed E-state index contributed by atoms with van der Waals surface area (Å²) in [4.78, 5) is 11.7. The van der Waals surface area contributed by atoms with Crippen molar-refractivity contribution in [3.8, 4) is 5.75 Å². The van der Waals surface area contributed by atoms with Crippen LogP contribution in [0.25, 0.3) is 0 Å². The number of carbonyl (C=O) groups is 1. The predicted octanol–water partition coefficient (Wildman–Crippen LogP) is 4.12. The maximum atomic E-state index is 15.1. The Morgan fingerprint density at radius 3 is 2.24 bits per heavy atom. The minimum Gasteiger partial charge on any atom is -0.487 e. The number of rotatable bonds is 9. The van der Waals surface area contributed by atoms with Crippen molar-refractivity contribution >= 4 is 44.8 Å². The number of hydrogen-bond acceptors (Lipinski definition) is 5. The van der Waals surface area contributed by atoms with E-state index in [9.17, 15) is 13.2 Å².